The van der Waals surface area contributed by atoms with E-state index in [1.165, 1.54) is 18.9 Å². The van der Waals surface area contributed by atoms with E-state index in [0.717, 1.165) is 18.4 Å². The Balaban J connectivity index is 1.38. The summed E-state index contributed by atoms with van der Waals surface area (Å²) in [5.74, 6) is 5.97. The van der Waals surface area contributed by atoms with Gasteiger partial charge in [0.1, 0.15) is 11.5 Å². The van der Waals surface area contributed by atoms with E-state index >= 15 is 0 Å². The third-order valence-corrected chi connectivity index (χ3v) is 5.46. The van der Waals surface area contributed by atoms with E-state index in [2.05, 4.69) is 22.3 Å². The van der Waals surface area contributed by atoms with Gasteiger partial charge in [-0.15, -0.1) is 0 Å². The molecule has 3 aromatic rings. The molecule has 0 unspecified atom stereocenters. The smallest absolute Gasteiger partial charge is 0.251 e. The van der Waals surface area contributed by atoms with Crippen molar-refractivity contribution in [3.63, 3.8) is 0 Å². The summed E-state index contributed by atoms with van der Waals surface area (Å²) >= 11 is 6.17. The van der Waals surface area contributed by atoms with Crippen LogP contribution in [0.2, 0.25) is 5.02 Å². The first-order chi connectivity index (χ1) is 14.6. The Hall–Kier alpha value is -3.10. The molecule has 1 heterocycles. The van der Waals surface area contributed by atoms with E-state index in [9.17, 15) is 9.18 Å². The largest absolute Gasteiger partial charge is 0.359 e. The van der Waals surface area contributed by atoms with E-state index in [0.29, 0.717) is 28.0 Å². The first-order valence-corrected chi connectivity index (χ1v) is 10.3. The van der Waals surface area contributed by atoms with Gasteiger partial charge in [0.05, 0.1) is 17.1 Å². The number of carbonyl (C=O) groups excluding carboxylic acids is 1. The first kappa shape index (κ1) is 20.2. The molecule has 152 valence electrons. The maximum absolute atomic E-state index is 14.4. The number of carbonyl (C=O) groups is 1. The number of hydrogen-bond acceptors (Lipinski definition) is 3. The SMILES string of the molecule is O=C(NCc1cc(-c2ccccc2Cl)no1)c1ccc(C#CC2CCCC2)c(F)c1. The van der Waals surface area contributed by atoms with Crippen LogP contribution >= 0.6 is 11.6 Å². The summed E-state index contributed by atoms with van der Waals surface area (Å²) in [7, 11) is 0. The molecule has 1 amide bonds. The van der Waals surface area contributed by atoms with Crippen LogP contribution in [0.25, 0.3) is 11.3 Å². The minimum atomic E-state index is -0.492. The standard InChI is InChI=1S/C24H20ClFN2O2/c25-21-8-4-3-7-20(21)23-14-19(30-28-23)15-27-24(29)18-12-11-17(22(26)13-18)10-9-16-5-1-2-6-16/h3-4,7-8,11-14,16H,1-2,5-6,15H2,(H,27,29). The van der Waals surface area contributed by atoms with Crippen molar-refractivity contribution in [2.75, 3.05) is 0 Å². The Morgan fingerprint density at radius 1 is 1.20 bits per heavy atom. The Labute approximate surface area is 179 Å². The van der Waals surface area contributed by atoms with Gasteiger partial charge < -0.3 is 9.84 Å². The van der Waals surface area contributed by atoms with E-state index in [1.807, 2.05) is 18.2 Å². The Bertz CT molecular complexity index is 1120. The van der Waals surface area contributed by atoms with E-state index in [-0.39, 0.29) is 12.1 Å². The van der Waals surface area contributed by atoms with Crippen LogP contribution in [-0.2, 0) is 6.54 Å². The molecule has 0 atom stereocenters. The molecule has 1 aromatic heterocycles. The molecule has 6 heteroatoms. The number of rotatable bonds is 4. The van der Waals surface area contributed by atoms with Gasteiger partial charge in [0.25, 0.3) is 5.91 Å². The van der Waals surface area contributed by atoms with Crippen LogP contribution in [0.5, 0.6) is 0 Å². The number of amides is 1. The molecule has 1 N–H and O–H groups in total. The van der Waals surface area contributed by atoms with Crippen molar-refractivity contribution in [3.05, 3.63) is 76.3 Å². The molecule has 0 aliphatic heterocycles. The van der Waals surface area contributed by atoms with E-state index in [1.54, 1.807) is 24.3 Å². The van der Waals surface area contributed by atoms with Crippen molar-refractivity contribution in [3.8, 4) is 23.1 Å². The summed E-state index contributed by atoms with van der Waals surface area (Å²) < 4.78 is 19.6. The Morgan fingerprint density at radius 3 is 2.77 bits per heavy atom. The molecule has 0 radical (unpaired) electrons. The Kier molecular flexibility index (Phi) is 6.15. The third kappa shape index (κ3) is 4.72. The van der Waals surface area contributed by atoms with Crippen molar-refractivity contribution in [1.82, 2.24) is 10.5 Å². The predicted molar refractivity (Wildman–Crippen MR) is 113 cm³/mol. The maximum Gasteiger partial charge on any atom is 0.251 e. The number of hydrogen-bond donors (Lipinski definition) is 1. The summed E-state index contributed by atoms with van der Waals surface area (Å²) in [6, 6.07) is 13.3. The quantitative estimate of drug-likeness (QED) is 0.556. The molecule has 30 heavy (non-hydrogen) atoms. The molecule has 1 aliphatic carbocycles. The summed E-state index contributed by atoms with van der Waals surface area (Å²) in [6.45, 7) is 0.126. The second-order valence-corrected chi connectivity index (χ2v) is 7.69. The lowest BCUT2D eigenvalue weighted by Crippen LogP contribution is -2.22. The van der Waals surface area contributed by atoms with Gasteiger partial charge in [-0.25, -0.2) is 4.39 Å². The van der Waals surface area contributed by atoms with Gasteiger partial charge in [0, 0.05) is 23.1 Å². The van der Waals surface area contributed by atoms with Gasteiger partial charge in [-0.3, -0.25) is 4.79 Å². The highest BCUT2D eigenvalue weighted by Crippen LogP contribution is 2.27. The van der Waals surface area contributed by atoms with Gasteiger partial charge in [0.2, 0.25) is 0 Å². The monoisotopic (exact) mass is 422 g/mol. The molecule has 2 aromatic carbocycles. The lowest BCUT2D eigenvalue weighted by atomic mass is 10.1. The third-order valence-electron chi connectivity index (χ3n) is 5.13. The molecular formula is C24H20ClFN2O2. The minimum Gasteiger partial charge on any atom is -0.359 e. The van der Waals surface area contributed by atoms with Gasteiger partial charge in [-0.2, -0.15) is 0 Å². The van der Waals surface area contributed by atoms with Gasteiger partial charge in [0.15, 0.2) is 5.76 Å². The normalized spacial score (nSPS) is 13.7. The fourth-order valence-corrected chi connectivity index (χ4v) is 3.70. The van der Waals surface area contributed by atoms with Crippen LogP contribution in [0.1, 0.15) is 47.4 Å². The van der Waals surface area contributed by atoms with Crippen LogP contribution in [0.3, 0.4) is 0 Å². The predicted octanol–water partition coefficient (Wildman–Crippen LogP) is 5.61. The van der Waals surface area contributed by atoms with Crippen LogP contribution in [-0.4, -0.2) is 11.1 Å². The molecule has 4 nitrogen and oxygen atoms in total. The fourth-order valence-electron chi connectivity index (χ4n) is 3.47. The number of halogens is 2. The molecule has 0 spiro atoms. The lowest BCUT2D eigenvalue weighted by molar-refractivity contribution is 0.0946. The Morgan fingerprint density at radius 2 is 2.00 bits per heavy atom. The van der Waals surface area contributed by atoms with Gasteiger partial charge in [-0.05, 0) is 37.1 Å². The number of benzene rings is 2. The van der Waals surface area contributed by atoms with Gasteiger partial charge in [-0.1, -0.05) is 59.6 Å². The molecule has 1 saturated carbocycles. The van der Waals surface area contributed by atoms with Gasteiger partial charge >= 0.3 is 0 Å². The zero-order valence-electron chi connectivity index (χ0n) is 16.3. The van der Waals surface area contributed by atoms with Crippen molar-refractivity contribution in [2.45, 2.75) is 32.2 Å². The van der Waals surface area contributed by atoms with E-state index < -0.39 is 11.7 Å². The van der Waals surface area contributed by atoms with Crippen molar-refractivity contribution < 1.29 is 13.7 Å². The number of nitrogens with one attached hydrogen (secondary N) is 1. The summed E-state index contributed by atoms with van der Waals surface area (Å²) in [6.07, 6.45) is 4.53. The number of nitrogens with zero attached hydrogens (tertiary/aromatic N) is 1. The highest BCUT2D eigenvalue weighted by Gasteiger charge is 2.14. The number of aromatic nitrogens is 1. The molecule has 4 rings (SSSR count). The van der Waals surface area contributed by atoms with Crippen LogP contribution in [0, 0.1) is 23.6 Å². The van der Waals surface area contributed by atoms with Crippen LogP contribution in [0.4, 0.5) is 4.39 Å². The fraction of sp³-hybridized carbons (Fsp3) is 0.250. The molecular weight excluding hydrogens is 403 g/mol. The topological polar surface area (TPSA) is 55.1 Å². The second kappa shape index (κ2) is 9.15. The zero-order valence-corrected chi connectivity index (χ0v) is 17.0. The minimum absolute atomic E-state index is 0.126. The zero-order chi connectivity index (χ0) is 20.9. The average Bonchev–Trinajstić information content (AvgIpc) is 3.43. The first-order valence-electron chi connectivity index (χ1n) is 9.90. The maximum atomic E-state index is 14.4. The molecule has 0 bridgehead atoms. The van der Waals surface area contributed by atoms with E-state index in [4.69, 9.17) is 16.1 Å². The summed E-state index contributed by atoms with van der Waals surface area (Å²) in [5, 5.41) is 7.26. The average molecular weight is 423 g/mol. The van der Waals surface area contributed by atoms with Crippen LogP contribution < -0.4 is 5.32 Å². The highest BCUT2D eigenvalue weighted by molar-refractivity contribution is 6.33. The summed E-state index contributed by atoms with van der Waals surface area (Å²) in [5.41, 5.74) is 1.88. The van der Waals surface area contributed by atoms with Crippen molar-refractivity contribution in [1.29, 1.82) is 0 Å². The highest BCUT2D eigenvalue weighted by atomic mass is 35.5. The summed E-state index contributed by atoms with van der Waals surface area (Å²) in [4.78, 5) is 12.4. The lowest BCUT2D eigenvalue weighted by Gasteiger charge is -2.04. The molecule has 0 saturated heterocycles. The second-order valence-electron chi connectivity index (χ2n) is 7.29. The van der Waals surface area contributed by atoms with Crippen LogP contribution in [0.15, 0.2) is 53.1 Å². The van der Waals surface area contributed by atoms with Crippen molar-refractivity contribution >= 4 is 17.5 Å². The van der Waals surface area contributed by atoms with Crippen molar-refractivity contribution in [2.24, 2.45) is 5.92 Å². The molecule has 1 aliphatic rings. The molecule has 1 fully saturated rings.